The third-order valence-corrected chi connectivity index (χ3v) is 3.27. The quantitative estimate of drug-likeness (QED) is 0.828. The van der Waals surface area contributed by atoms with E-state index in [9.17, 15) is 9.18 Å². The number of amides is 1. The van der Waals surface area contributed by atoms with Gasteiger partial charge in [0.15, 0.2) is 0 Å². The van der Waals surface area contributed by atoms with E-state index in [1.807, 2.05) is 6.92 Å². The zero-order valence-corrected chi connectivity index (χ0v) is 11.8. The van der Waals surface area contributed by atoms with Crippen molar-refractivity contribution in [3.05, 3.63) is 57.8 Å². The summed E-state index contributed by atoms with van der Waals surface area (Å²) in [4.78, 5) is 12.0. The number of anilines is 2. The molecule has 0 unspecified atom stereocenters. The maximum Gasteiger partial charge on any atom is 0.257 e. The molecule has 0 atom stereocenters. The lowest BCUT2D eigenvalue weighted by atomic mass is 10.1. The Kier molecular flexibility index (Phi) is 3.85. The van der Waals surface area contributed by atoms with Crippen molar-refractivity contribution in [2.45, 2.75) is 6.92 Å². The van der Waals surface area contributed by atoms with Crippen LogP contribution in [0.1, 0.15) is 15.9 Å². The van der Waals surface area contributed by atoms with Crippen LogP contribution in [0.4, 0.5) is 15.8 Å². The topological polar surface area (TPSA) is 55.1 Å². The molecule has 3 N–H and O–H groups in total. The van der Waals surface area contributed by atoms with Crippen molar-refractivity contribution in [2.24, 2.45) is 0 Å². The number of carbonyl (C=O) groups is 1. The first-order valence-corrected chi connectivity index (χ1v) is 6.39. The number of aryl methyl sites for hydroxylation is 1. The van der Waals surface area contributed by atoms with Crippen LogP contribution in [-0.2, 0) is 0 Å². The number of hydrogen-bond acceptors (Lipinski definition) is 2. The maximum atomic E-state index is 13.3. The van der Waals surface area contributed by atoms with E-state index in [0.29, 0.717) is 21.4 Å². The number of hydrogen-bond donors (Lipinski definition) is 2. The summed E-state index contributed by atoms with van der Waals surface area (Å²) in [5.74, 6) is -0.797. The third kappa shape index (κ3) is 3.12. The van der Waals surface area contributed by atoms with Gasteiger partial charge < -0.3 is 11.1 Å². The molecule has 19 heavy (non-hydrogen) atoms. The smallest absolute Gasteiger partial charge is 0.257 e. The molecule has 0 saturated heterocycles. The zero-order valence-electron chi connectivity index (χ0n) is 10.2. The molecular weight excluding hydrogens is 311 g/mol. The van der Waals surface area contributed by atoms with Crippen molar-refractivity contribution in [1.82, 2.24) is 0 Å². The van der Waals surface area contributed by atoms with Crippen LogP contribution in [-0.4, -0.2) is 5.91 Å². The lowest BCUT2D eigenvalue weighted by Gasteiger charge is -2.08. The minimum absolute atomic E-state index is 0.348. The summed E-state index contributed by atoms with van der Waals surface area (Å²) in [6, 6.07) is 9.55. The predicted octanol–water partition coefficient (Wildman–Crippen LogP) is 3.73. The number of nitrogen functional groups attached to an aromatic ring is 1. The van der Waals surface area contributed by atoms with Gasteiger partial charge >= 0.3 is 0 Å². The van der Waals surface area contributed by atoms with Crippen LogP contribution in [0.25, 0.3) is 0 Å². The maximum absolute atomic E-state index is 13.3. The van der Waals surface area contributed by atoms with Crippen LogP contribution in [0.15, 0.2) is 40.9 Å². The largest absolute Gasteiger partial charge is 0.398 e. The van der Waals surface area contributed by atoms with E-state index < -0.39 is 5.82 Å². The monoisotopic (exact) mass is 322 g/mol. The molecule has 0 bridgehead atoms. The van der Waals surface area contributed by atoms with Gasteiger partial charge in [-0.15, -0.1) is 0 Å². The Hall–Kier alpha value is -1.88. The minimum atomic E-state index is -0.435. The highest BCUT2D eigenvalue weighted by atomic mass is 79.9. The summed E-state index contributed by atoms with van der Waals surface area (Å²) in [7, 11) is 0. The lowest BCUT2D eigenvalue weighted by Crippen LogP contribution is -2.14. The molecule has 0 aliphatic carbocycles. The van der Waals surface area contributed by atoms with Gasteiger partial charge in [0, 0.05) is 11.4 Å². The van der Waals surface area contributed by atoms with Crippen LogP contribution in [0.3, 0.4) is 0 Å². The first-order chi connectivity index (χ1) is 8.97. The summed E-state index contributed by atoms with van der Waals surface area (Å²) in [6.45, 7) is 1.89. The normalized spacial score (nSPS) is 10.3. The molecule has 1 amide bonds. The average Bonchev–Trinajstić information content (AvgIpc) is 2.33. The Morgan fingerprint density at radius 2 is 2.00 bits per heavy atom. The van der Waals surface area contributed by atoms with E-state index in [-0.39, 0.29) is 5.91 Å². The summed E-state index contributed by atoms with van der Waals surface area (Å²) >= 11 is 3.05. The number of rotatable bonds is 2. The van der Waals surface area contributed by atoms with Gasteiger partial charge in [0.2, 0.25) is 0 Å². The summed E-state index contributed by atoms with van der Waals surface area (Å²) in [5, 5.41) is 2.61. The van der Waals surface area contributed by atoms with E-state index in [2.05, 4.69) is 21.2 Å². The molecule has 0 saturated carbocycles. The SMILES string of the molecule is Cc1ccc(C(=O)Nc2ccc(Br)c(F)c2)c(N)c1. The van der Waals surface area contributed by atoms with Crippen LogP contribution < -0.4 is 11.1 Å². The van der Waals surface area contributed by atoms with Gasteiger partial charge in [0.05, 0.1) is 10.0 Å². The molecule has 2 rings (SSSR count). The van der Waals surface area contributed by atoms with Crippen LogP contribution in [0, 0.1) is 12.7 Å². The van der Waals surface area contributed by atoms with Crippen molar-refractivity contribution < 1.29 is 9.18 Å². The molecule has 98 valence electrons. The molecule has 2 aromatic carbocycles. The number of carbonyl (C=O) groups excluding carboxylic acids is 1. The van der Waals surface area contributed by atoms with E-state index in [0.717, 1.165) is 5.56 Å². The Morgan fingerprint density at radius 3 is 2.63 bits per heavy atom. The molecule has 0 fully saturated rings. The molecule has 5 heteroatoms. The predicted molar refractivity (Wildman–Crippen MR) is 77.6 cm³/mol. The van der Waals surface area contributed by atoms with E-state index >= 15 is 0 Å². The van der Waals surface area contributed by atoms with Crippen LogP contribution in [0.2, 0.25) is 0 Å². The third-order valence-electron chi connectivity index (χ3n) is 2.63. The molecule has 2 aromatic rings. The highest BCUT2D eigenvalue weighted by Gasteiger charge is 2.10. The highest BCUT2D eigenvalue weighted by molar-refractivity contribution is 9.10. The number of halogens is 2. The van der Waals surface area contributed by atoms with E-state index in [4.69, 9.17) is 5.73 Å². The van der Waals surface area contributed by atoms with Crippen LogP contribution in [0.5, 0.6) is 0 Å². The molecule has 3 nitrogen and oxygen atoms in total. The molecule has 0 aliphatic rings. The molecule has 0 aromatic heterocycles. The fourth-order valence-corrected chi connectivity index (χ4v) is 1.91. The van der Waals surface area contributed by atoms with Crippen molar-refractivity contribution in [1.29, 1.82) is 0 Å². The number of nitrogens with one attached hydrogen (secondary N) is 1. The first-order valence-electron chi connectivity index (χ1n) is 5.60. The minimum Gasteiger partial charge on any atom is -0.398 e. The number of benzene rings is 2. The van der Waals surface area contributed by atoms with Crippen molar-refractivity contribution in [3.8, 4) is 0 Å². The zero-order chi connectivity index (χ0) is 14.0. The lowest BCUT2D eigenvalue weighted by molar-refractivity contribution is 0.102. The molecule has 0 aliphatic heterocycles. The summed E-state index contributed by atoms with van der Waals surface area (Å²) in [5.41, 5.74) is 7.91. The second-order valence-electron chi connectivity index (χ2n) is 4.17. The van der Waals surface area contributed by atoms with Gasteiger partial charge in [0.25, 0.3) is 5.91 Å². The Morgan fingerprint density at radius 1 is 1.26 bits per heavy atom. The fourth-order valence-electron chi connectivity index (χ4n) is 1.66. The van der Waals surface area contributed by atoms with E-state index in [1.54, 1.807) is 24.3 Å². The van der Waals surface area contributed by atoms with Gasteiger partial charge in [0.1, 0.15) is 5.82 Å². The average molecular weight is 323 g/mol. The Balaban J connectivity index is 2.23. The van der Waals surface area contributed by atoms with Gasteiger partial charge in [-0.2, -0.15) is 0 Å². The molecule has 0 spiro atoms. The van der Waals surface area contributed by atoms with Crippen molar-refractivity contribution in [3.63, 3.8) is 0 Å². The standard InChI is InChI=1S/C14H12BrFN2O/c1-8-2-4-10(13(17)6-8)14(19)18-9-3-5-11(15)12(16)7-9/h2-7H,17H2,1H3,(H,18,19). The highest BCUT2D eigenvalue weighted by Crippen LogP contribution is 2.21. The van der Waals surface area contributed by atoms with Crippen molar-refractivity contribution in [2.75, 3.05) is 11.1 Å². The summed E-state index contributed by atoms with van der Waals surface area (Å²) in [6.07, 6.45) is 0. The number of nitrogens with two attached hydrogens (primary N) is 1. The fraction of sp³-hybridized carbons (Fsp3) is 0.0714. The Bertz CT molecular complexity index is 643. The Labute approximate surface area is 118 Å². The second kappa shape index (κ2) is 5.40. The van der Waals surface area contributed by atoms with Crippen LogP contribution >= 0.6 is 15.9 Å². The second-order valence-corrected chi connectivity index (χ2v) is 5.03. The summed E-state index contributed by atoms with van der Waals surface area (Å²) < 4.78 is 13.7. The van der Waals surface area contributed by atoms with Gasteiger partial charge in [-0.05, 0) is 58.7 Å². The van der Waals surface area contributed by atoms with Crippen molar-refractivity contribution >= 4 is 33.2 Å². The molecule has 0 heterocycles. The molecular formula is C14H12BrFN2O. The van der Waals surface area contributed by atoms with Gasteiger partial charge in [-0.1, -0.05) is 6.07 Å². The van der Waals surface area contributed by atoms with E-state index in [1.165, 1.54) is 12.1 Å². The molecule has 0 radical (unpaired) electrons. The first kappa shape index (κ1) is 13.5. The van der Waals surface area contributed by atoms with Gasteiger partial charge in [-0.3, -0.25) is 4.79 Å². The van der Waals surface area contributed by atoms with Gasteiger partial charge in [-0.25, -0.2) is 4.39 Å².